The molecule has 3 N–H and O–H groups in total. The molecule has 0 unspecified atom stereocenters. The number of phenolic OH excluding ortho intramolecular Hbond substituents is 1. The van der Waals surface area contributed by atoms with Gasteiger partial charge in [-0.2, -0.15) is 9.78 Å². The Hall–Kier alpha value is -4.39. The molecule has 2 amide bonds. The van der Waals surface area contributed by atoms with Gasteiger partial charge in [0.05, 0.1) is 11.4 Å². The smallest absolute Gasteiger partial charge is 0.342 e. The van der Waals surface area contributed by atoms with Crippen molar-refractivity contribution in [3.63, 3.8) is 0 Å². The van der Waals surface area contributed by atoms with E-state index in [2.05, 4.69) is 22.7 Å². The maximum absolute atomic E-state index is 13.3. The molecule has 1 heterocycles. The van der Waals surface area contributed by atoms with Crippen LogP contribution in [0.1, 0.15) is 71.3 Å². The number of aromatic hydroxyl groups is 1. The highest BCUT2D eigenvalue weighted by Gasteiger charge is 2.26. The van der Waals surface area contributed by atoms with Gasteiger partial charge in [0.15, 0.2) is 0 Å². The zero-order chi connectivity index (χ0) is 27.4. The third kappa shape index (κ3) is 5.87. The second-order valence-corrected chi connectivity index (χ2v) is 10.2. The lowest BCUT2D eigenvalue weighted by molar-refractivity contribution is 0.102. The quantitative estimate of drug-likeness (QED) is 0.249. The minimum absolute atomic E-state index is 0.0166. The van der Waals surface area contributed by atoms with E-state index in [1.165, 1.54) is 10.7 Å². The van der Waals surface area contributed by atoms with Crippen LogP contribution in [0.5, 0.6) is 5.75 Å². The molecule has 1 fully saturated rings. The molecular weight excluding hydrogens is 488 g/mol. The van der Waals surface area contributed by atoms with Crippen LogP contribution in [0.3, 0.4) is 0 Å². The number of aromatic nitrogens is 2. The fourth-order valence-corrected chi connectivity index (χ4v) is 5.18. The number of aryl methyl sites for hydroxylation is 2. The Morgan fingerprint density at radius 2 is 1.74 bits per heavy atom. The topological polar surface area (TPSA) is 96.3 Å². The summed E-state index contributed by atoms with van der Waals surface area (Å²) < 4.78 is 1.46. The molecule has 39 heavy (non-hydrogen) atoms. The van der Waals surface area contributed by atoms with E-state index in [0.717, 1.165) is 54.5 Å². The number of hydrogen-bond donors (Lipinski definition) is 3. The second kappa shape index (κ2) is 11.6. The number of nitrogens with zero attached hydrogens (tertiary/aromatic N) is 2. The van der Waals surface area contributed by atoms with E-state index in [4.69, 9.17) is 0 Å². The number of amides is 2. The van der Waals surface area contributed by atoms with Crippen LogP contribution in [-0.4, -0.2) is 26.8 Å². The monoisotopic (exact) mass is 522 g/mol. The summed E-state index contributed by atoms with van der Waals surface area (Å²) in [6.07, 6.45) is 5.16. The predicted molar refractivity (Wildman–Crippen MR) is 153 cm³/mol. The van der Waals surface area contributed by atoms with Crippen LogP contribution in [0.15, 0.2) is 72.8 Å². The summed E-state index contributed by atoms with van der Waals surface area (Å²) in [5.74, 6) is -0.0183. The Morgan fingerprint density at radius 1 is 1.00 bits per heavy atom. The van der Waals surface area contributed by atoms with E-state index < -0.39 is 0 Å². The van der Waals surface area contributed by atoms with Crippen molar-refractivity contribution in [3.05, 3.63) is 101 Å². The molecule has 1 saturated carbocycles. The highest BCUT2D eigenvalue weighted by molar-refractivity contribution is 6.04. The van der Waals surface area contributed by atoms with Gasteiger partial charge in [0.1, 0.15) is 5.75 Å². The van der Waals surface area contributed by atoms with Gasteiger partial charge in [-0.15, -0.1) is 0 Å². The molecule has 5 rings (SSSR count). The molecular formula is C32H34N4O3. The van der Waals surface area contributed by atoms with E-state index >= 15 is 0 Å². The molecule has 1 aromatic heterocycles. The molecule has 1 aliphatic rings. The van der Waals surface area contributed by atoms with Crippen LogP contribution in [0.2, 0.25) is 0 Å². The number of phenols is 1. The van der Waals surface area contributed by atoms with Gasteiger partial charge in [-0.25, -0.2) is 4.79 Å². The van der Waals surface area contributed by atoms with E-state index in [1.807, 2.05) is 49.4 Å². The molecule has 7 nitrogen and oxygen atoms in total. The fourth-order valence-electron chi connectivity index (χ4n) is 5.18. The molecule has 0 bridgehead atoms. The average molecular weight is 523 g/mol. The third-order valence-corrected chi connectivity index (χ3v) is 7.55. The number of carbonyl (C=O) groups excluding carboxylic acids is 2. The van der Waals surface area contributed by atoms with Crippen LogP contribution in [-0.2, 0) is 13.0 Å². The second-order valence-electron chi connectivity index (χ2n) is 10.2. The molecule has 3 aromatic carbocycles. The van der Waals surface area contributed by atoms with Crippen LogP contribution >= 0.6 is 0 Å². The van der Waals surface area contributed by atoms with Crippen molar-refractivity contribution in [2.75, 3.05) is 5.32 Å². The fraction of sp³-hybridized carbons (Fsp3) is 0.281. The van der Waals surface area contributed by atoms with Crippen LogP contribution in [0.25, 0.3) is 11.3 Å². The van der Waals surface area contributed by atoms with Gasteiger partial charge < -0.3 is 15.7 Å². The number of rotatable bonds is 7. The molecule has 0 aliphatic heterocycles. The number of nitrogens with one attached hydrogen (secondary N) is 2. The largest absolute Gasteiger partial charge is 0.507 e. The summed E-state index contributed by atoms with van der Waals surface area (Å²) in [5.41, 5.74) is 6.24. The molecule has 0 saturated heterocycles. The minimum Gasteiger partial charge on any atom is -0.507 e. The van der Waals surface area contributed by atoms with Gasteiger partial charge in [0.25, 0.3) is 5.91 Å². The van der Waals surface area contributed by atoms with Gasteiger partial charge in [0.2, 0.25) is 0 Å². The van der Waals surface area contributed by atoms with Crippen molar-refractivity contribution < 1.29 is 14.7 Å². The summed E-state index contributed by atoms with van der Waals surface area (Å²) in [6, 6.07) is 22.0. The van der Waals surface area contributed by atoms with Gasteiger partial charge in [0, 0.05) is 35.3 Å². The summed E-state index contributed by atoms with van der Waals surface area (Å²) >= 11 is 0. The van der Waals surface area contributed by atoms with Crippen LogP contribution in [0, 0.1) is 6.92 Å². The number of carbonyl (C=O) groups is 2. The average Bonchev–Trinajstić information content (AvgIpc) is 3.63. The van der Waals surface area contributed by atoms with Crippen molar-refractivity contribution in [3.8, 4) is 17.0 Å². The molecule has 1 aliphatic carbocycles. The summed E-state index contributed by atoms with van der Waals surface area (Å²) in [7, 11) is 0. The van der Waals surface area contributed by atoms with Crippen LogP contribution in [0.4, 0.5) is 10.5 Å². The first-order valence-electron chi connectivity index (χ1n) is 13.6. The van der Waals surface area contributed by atoms with Crippen molar-refractivity contribution in [1.29, 1.82) is 0 Å². The van der Waals surface area contributed by atoms with E-state index in [1.54, 1.807) is 24.3 Å². The summed E-state index contributed by atoms with van der Waals surface area (Å²) in [4.78, 5) is 25.9. The lowest BCUT2D eigenvalue weighted by Crippen LogP contribution is -2.31. The minimum atomic E-state index is -0.288. The highest BCUT2D eigenvalue weighted by atomic mass is 16.3. The Balaban J connectivity index is 1.36. The van der Waals surface area contributed by atoms with Crippen molar-refractivity contribution in [2.24, 2.45) is 0 Å². The first kappa shape index (κ1) is 26.2. The highest BCUT2D eigenvalue weighted by Crippen LogP contribution is 2.38. The molecule has 0 spiro atoms. The molecule has 0 atom stereocenters. The van der Waals surface area contributed by atoms with Crippen molar-refractivity contribution >= 4 is 17.6 Å². The first-order valence-corrected chi connectivity index (χ1v) is 13.6. The summed E-state index contributed by atoms with van der Waals surface area (Å²) in [6.45, 7) is 4.50. The maximum Gasteiger partial charge on any atom is 0.342 e. The summed E-state index contributed by atoms with van der Waals surface area (Å²) in [5, 5.41) is 21.4. The number of hydrogen-bond acceptors (Lipinski definition) is 4. The number of anilines is 1. The molecule has 0 radical (unpaired) electrons. The predicted octanol–water partition coefficient (Wildman–Crippen LogP) is 6.79. The van der Waals surface area contributed by atoms with Crippen molar-refractivity contribution in [1.82, 2.24) is 15.1 Å². The Kier molecular flexibility index (Phi) is 7.77. The number of benzene rings is 3. The third-order valence-electron chi connectivity index (χ3n) is 7.55. The van der Waals surface area contributed by atoms with E-state index in [0.29, 0.717) is 29.1 Å². The van der Waals surface area contributed by atoms with Crippen LogP contribution < -0.4 is 10.6 Å². The lowest BCUT2D eigenvalue weighted by Gasteiger charge is -2.13. The normalized spacial score (nSPS) is 13.4. The maximum atomic E-state index is 13.3. The zero-order valence-electron chi connectivity index (χ0n) is 22.4. The Morgan fingerprint density at radius 3 is 2.44 bits per heavy atom. The SMILES string of the molecule is CCc1ccc(C(=O)Nc2ccc(-c3cc(C4CCCC4)n(C(=O)NCc4ccccc4C)n3)c(O)c2)cc1. The van der Waals surface area contributed by atoms with Gasteiger partial charge in [-0.1, -0.05) is 56.2 Å². The Labute approximate surface area is 228 Å². The molecule has 4 aromatic rings. The Bertz CT molecular complexity index is 1480. The van der Waals surface area contributed by atoms with Gasteiger partial charge in [-0.3, -0.25) is 4.79 Å². The molecule has 200 valence electrons. The van der Waals surface area contributed by atoms with E-state index in [9.17, 15) is 14.7 Å². The van der Waals surface area contributed by atoms with Gasteiger partial charge >= 0.3 is 6.03 Å². The van der Waals surface area contributed by atoms with Crippen molar-refractivity contribution in [2.45, 2.75) is 58.4 Å². The molecule has 7 heteroatoms. The first-order chi connectivity index (χ1) is 18.9. The van der Waals surface area contributed by atoms with Gasteiger partial charge in [-0.05, 0) is 73.2 Å². The lowest BCUT2D eigenvalue weighted by atomic mass is 10.0. The zero-order valence-corrected chi connectivity index (χ0v) is 22.4. The standard InChI is InChI=1S/C32H34N4O3/c1-3-22-12-14-24(15-13-22)31(38)34-26-16-17-27(30(37)18-26)28-19-29(23-9-6-7-10-23)36(35-28)32(39)33-20-25-11-5-4-8-21(25)2/h4-5,8,11-19,23,37H,3,6-7,9-10,20H2,1-2H3,(H,33,39)(H,34,38). The van der Waals surface area contributed by atoms with E-state index in [-0.39, 0.29) is 23.6 Å².